The Balaban J connectivity index is 1.88. The first-order valence-corrected chi connectivity index (χ1v) is 9.59. The molecule has 6 nitrogen and oxygen atoms in total. The zero-order valence-corrected chi connectivity index (χ0v) is 16.8. The first kappa shape index (κ1) is 21.0. The molecule has 1 aromatic rings. The molecule has 1 fully saturated rings. The van der Waals surface area contributed by atoms with Gasteiger partial charge in [0.05, 0.1) is 7.11 Å². The number of piperazine rings is 1. The molecule has 0 saturated carbocycles. The molecule has 0 amide bonds. The highest BCUT2D eigenvalue weighted by atomic mass is 16.5. The molecule has 1 aliphatic heterocycles. The van der Waals surface area contributed by atoms with Crippen LogP contribution in [0.25, 0.3) is 0 Å². The summed E-state index contributed by atoms with van der Waals surface area (Å²) in [4.78, 5) is 6.89. The summed E-state index contributed by atoms with van der Waals surface area (Å²) in [7, 11) is 5.90. The molecule has 1 aromatic carbocycles. The van der Waals surface area contributed by atoms with E-state index >= 15 is 0 Å². The van der Waals surface area contributed by atoms with Crippen LogP contribution in [0.2, 0.25) is 0 Å². The standard InChI is InChI=1S/C20H35N3O3/c1-5-8-22(3)14-17-6-7-19(25-4)20(13-17)26-16-18(24)15-23-11-9-21(2)10-12-23/h6-7,13,18,24H,5,8-12,14-16H2,1-4H3/t18-/m1/s1. The molecule has 1 heterocycles. The average molecular weight is 366 g/mol. The van der Waals surface area contributed by atoms with Gasteiger partial charge in [-0.15, -0.1) is 0 Å². The quantitative estimate of drug-likeness (QED) is 0.679. The number of nitrogens with zero attached hydrogens (tertiary/aromatic N) is 3. The van der Waals surface area contributed by atoms with E-state index in [0.29, 0.717) is 18.0 Å². The van der Waals surface area contributed by atoms with Gasteiger partial charge in [0.15, 0.2) is 11.5 Å². The van der Waals surface area contributed by atoms with Crippen LogP contribution in [0.3, 0.4) is 0 Å². The van der Waals surface area contributed by atoms with Crippen molar-refractivity contribution < 1.29 is 14.6 Å². The summed E-state index contributed by atoms with van der Waals surface area (Å²) in [5, 5.41) is 10.3. The van der Waals surface area contributed by atoms with Crippen LogP contribution < -0.4 is 9.47 Å². The third-order valence-electron chi connectivity index (χ3n) is 4.78. The van der Waals surface area contributed by atoms with Gasteiger partial charge in [-0.25, -0.2) is 0 Å². The molecule has 1 N–H and O–H groups in total. The molecular weight excluding hydrogens is 330 g/mol. The number of hydrogen-bond acceptors (Lipinski definition) is 6. The maximum Gasteiger partial charge on any atom is 0.161 e. The Hall–Kier alpha value is -1.34. The zero-order chi connectivity index (χ0) is 18.9. The Morgan fingerprint density at radius 3 is 2.58 bits per heavy atom. The Kier molecular flexibility index (Phi) is 8.65. The molecule has 0 aliphatic carbocycles. The third-order valence-corrected chi connectivity index (χ3v) is 4.78. The average Bonchev–Trinajstić information content (AvgIpc) is 2.62. The van der Waals surface area contributed by atoms with Crippen molar-refractivity contribution in [2.75, 3.05) is 67.1 Å². The lowest BCUT2D eigenvalue weighted by Gasteiger charge is -2.33. The number of ether oxygens (including phenoxy) is 2. The molecule has 0 spiro atoms. The Morgan fingerprint density at radius 2 is 1.92 bits per heavy atom. The van der Waals surface area contributed by atoms with Gasteiger partial charge in [0.25, 0.3) is 0 Å². The van der Waals surface area contributed by atoms with E-state index in [1.54, 1.807) is 7.11 Å². The van der Waals surface area contributed by atoms with E-state index in [2.05, 4.69) is 41.8 Å². The lowest BCUT2D eigenvalue weighted by Crippen LogP contribution is -2.47. The largest absolute Gasteiger partial charge is 0.493 e. The van der Waals surface area contributed by atoms with Crippen LogP contribution in [0.1, 0.15) is 18.9 Å². The summed E-state index contributed by atoms with van der Waals surface area (Å²) in [6.07, 6.45) is 0.628. The highest BCUT2D eigenvalue weighted by Crippen LogP contribution is 2.28. The number of methoxy groups -OCH3 is 1. The van der Waals surface area contributed by atoms with Crippen molar-refractivity contribution in [2.45, 2.75) is 26.0 Å². The molecule has 1 atom stereocenters. The molecule has 26 heavy (non-hydrogen) atoms. The van der Waals surface area contributed by atoms with Crippen molar-refractivity contribution in [3.8, 4) is 11.5 Å². The van der Waals surface area contributed by atoms with Crippen LogP contribution in [0.15, 0.2) is 18.2 Å². The predicted octanol–water partition coefficient (Wildman–Crippen LogP) is 1.52. The minimum absolute atomic E-state index is 0.275. The van der Waals surface area contributed by atoms with Crippen molar-refractivity contribution in [3.63, 3.8) is 0 Å². The molecule has 148 valence electrons. The number of likely N-dealkylation sites (N-methyl/N-ethyl adjacent to an activating group) is 1. The lowest BCUT2D eigenvalue weighted by atomic mass is 10.2. The molecule has 0 unspecified atom stereocenters. The van der Waals surface area contributed by atoms with Gasteiger partial charge in [0.1, 0.15) is 12.7 Å². The Bertz CT molecular complexity index is 533. The van der Waals surface area contributed by atoms with E-state index in [1.807, 2.05) is 12.1 Å². The second kappa shape index (κ2) is 10.7. The number of hydrogen-bond donors (Lipinski definition) is 1. The summed E-state index contributed by atoms with van der Waals surface area (Å²) in [5.41, 5.74) is 1.19. The van der Waals surface area contributed by atoms with Gasteiger partial charge in [-0.2, -0.15) is 0 Å². The third kappa shape index (κ3) is 6.76. The van der Waals surface area contributed by atoms with E-state index in [1.165, 1.54) is 5.56 Å². The molecule has 0 aromatic heterocycles. The molecule has 1 aliphatic rings. The first-order chi connectivity index (χ1) is 12.5. The smallest absolute Gasteiger partial charge is 0.161 e. The second-order valence-electron chi connectivity index (χ2n) is 7.29. The van der Waals surface area contributed by atoms with Crippen LogP contribution in [0, 0.1) is 0 Å². The maximum atomic E-state index is 10.3. The van der Waals surface area contributed by atoms with Crippen LogP contribution in [0.4, 0.5) is 0 Å². The minimum atomic E-state index is -0.505. The normalized spacial score (nSPS) is 17.5. The van der Waals surface area contributed by atoms with Crippen LogP contribution in [-0.2, 0) is 6.54 Å². The van der Waals surface area contributed by atoms with Crippen molar-refractivity contribution >= 4 is 0 Å². The second-order valence-corrected chi connectivity index (χ2v) is 7.29. The number of aliphatic hydroxyl groups is 1. The maximum absolute atomic E-state index is 10.3. The topological polar surface area (TPSA) is 48.4 Å². The van der Waals surface area contributed by atoms with Crippen molar-refractivity contribution in [2.24, 2.45) is 0 Å². The zero-order valence-electron chi connectivity index (χ0n) is 16.8. The highest BCUT2D eigenvalue weighted by Gasteiger charge is 2.18. The molecular formula is C20H35N3O3. The Labute approximate surface area is 158 Å². The van der Waals surface area contributed by atoms with E-state index in [4.69, 9.17) is 9.47 Å². The summed E-state index contributed by atoms with van der Waals surface area (Å²) in [6.45, 7) is 9.13. The number of benzene rings is 1. The van der Waals surface area contributed by atoms with Crippen LogP contribution in [-0.4, -0.2) is 93.0 Å². The number of β-amino-alcohol motifs (C(OH)–C–C–N with tert-alkyl or cyclic N) is 1. The fraction of sp³-hybridized carbons (Fsp3) is 0.700. The fourth-order valence-electron chi connectivity index (χ4n) is 3.27. The summed E-state index contributed by atoms with van der Waals surface area (Å²) in [6, 6.07) is 6.03. The number of aliphatic hydroxyl groups excluding tert-OH is 1. The highest BCUT2D eigenvalue weighted by molar-refractivity contribution is 5.43. The van der Waals surface area contributed by atoms with E-state index in [0.717, 1.165) is 45.7 Å². The molecule has 6 heteroatoms. The van der Waals surface area contributed by atoms with Gasteiger partial charge in [-0.05, 0) is 44.8 Å². The summed E-state index contributed by atoms with van der Waals surface area (Å²) in [5.74, 6) is 1.41. The van der Waals surface area contributed by atoms with Crippen LogP contribution >= 0.6 is 0 Å². The lowest BCUT2D eigenvalue weighted by molar-refractivity contribution is 0.0497. The minimum Gasteiger partial charge on any atom is -0.493 e. The number of rotatable bonds is 10. The van der Waals surface area contributed by atoms with Gasteiger partial charge >= 0.3 is 0 Å². The summed E-state index contributed by atoms with van der Waals surface area (Å²) >= 11 is 0. The fourth-order valence-corrected chi connectivity index (χ4v) is 3.27. The molecule has 2 rings (SSSR count). The molecule has 0 bridgehead atoms. The predicted molar refractivity (Wildman–Crippen MR) is 105 cm³/mol. The van der Waals surface area contributed by atoms with Gasteiger partial charge in [0, 0.05) is 39.3 Å². The van der Waals surface area contributed by atoms with Crippen molar-refractivity contribution in [3.05, 3.63) is 23.8 Å². The van der Waals surface area contributed by atoms with Gasteiger partial charge in [0.2, 0.25) is 0 Å². The monoisotopic (exact) mass is 365 g/mol. The van der Waals surface area contributed by atoms with E-state index in [9.17, 15) is 5.11 Å². The van der Waals surface area contributed by atoms with E-state index < -0.39 is 6.10 Å². The first-order valence-electron chi connectivity index (χ1n) is 9.59. The van der Waals surface area contributed by atoms with Gasteiger partial charge in [-0.1, -0.05) is 13.0 Å². The Morgan fingerprint density at radius 1 is 1.19 bits per heavy atom. The SMILES string of the molecule is CCCN(C)Cc1ccc(OC)c(OC[C@H](O)CN2CCN(C)CC2)c1. The van der Waals surface area contributed by atoms with Gasteiger partial charge < -0.3 is 24.4 Å². The summed E-state index contributed by atoms with van der Waals surface area (Å²) < 4.78 is 11.3. The van der Waals surface area contributed by atoms with Crippen LogP contribution in [0.5, 0.6) is 11.5 Å². The van der Waals surface area contributed by atoms with Gasteiger partial charge in [-0.3, -0.25) is 4.90 Å². The molecule has 1 saturated heterocycles. The van der Waals surface area contributed by atoms with Crippen molar-refractivity contribution in [1.82, 2.24) is 14.7 Å². The van der Waals surface area contributed by atoms with E-state index in [-0.39, 0.29) is 6.61 Å². The van der Waals surface area contributed by atoms with Crippen molar-refractivity contribution in [1.29, 1.82) is 0 Å². The molecule has 0 radical (unpaired) electrons.